The van der Waals surface area contributed by atoms with Gasteiger partial charge >= 0.3 is 5.97 Å². The van der Waals surface area contributed by atoms with E-state index < -0.39 is 34.4 Å². The molecule has 0 unspecified atom stereocenters. The van der Waals surface area contributed by atoms with Crippen LogP contribution in [0.2, 0.25) is 0 Å². The van der Waals surface area contributed by atoms with E-state index in [4.69, 9.17) is 10.5 Å². The van der Waals surface area contributed by atoms with Gasteiger partial charge in [-0.2, -0.15) is 0 Å². The summed E-state index contributed by atoms with van der Waals surface area (Å²) >= 11 is 1.12. The molecule has 3 rings (SSSR count). The maximum absolute atomic E-state index is 12.0. The van der Waals surface area contributed by atoms with Gasteiger partial charge in [-0.25, -0.2) is 8.42 Å². The van der Waals surface area contributed by atoms with Gasteiger partial charge in [0, 0.05) is 5.56 Å². The highest BCUT2D eigenvalue weighted by Gasteiger charge is 2.30. The first-order valence-corrected chi connectivity index (χ1v) is 10.6. The first-order chi connectivity index (χ1) is 13.8. The van der Waals surface area contributed by atoms with Crippen LogP contribution in [0.1, 0.15) is 22.3 Å². The number of amides is 2. The molecule has 2 amide bonds. The number of anilines is 1. The fourth-order valence-corrected chi connectivity index (χ4v) is 4.55. The van der Waals surface area contributed by atoms with Crippen molar-refractivity contribution in [1.29, 1.82) is 0 Å². The first kappa shape index (κ1) is 20.5. The van der Waals surface area contributed by atoms with Crippen LogP contribution in [0.3, 0.4) is 0 Å². The molecule has 0 atom stereocenters. The number of benzene rings is 1. The number of thiophene rings is 1. The van der Waals surface area contributed by atoms with Crippen LogP contribution in [0.25, 0.3) is 0 Å². The number of primary amides is 1. The summed E-state index contributed by atoms with van der Waals surface area (Å²) in [6.45, 7) is -0.565. The van der Waals surface area contributed by atoms with Crippen LogP contribution in [0.5, 0.6) is 0 Å². The molecule has 0 radical (unpaired) electrons. The van der Waals surface area contributed by atoms with Crippen molar-refractivity contribution in [3.05, 3.63) is 46.8 Å². The molecule has 0 spiro atoms. The summed E-state index contributed by atoms with van der Waals surface area (Å²) in [6.07, 6.45) is -0.147. The number of nitrogens with zero attached hydrogens (tertiary/aromatic N) is 1. The summed E-state index contributed by atoms with van der Waals surface area (Å²) in [7, 11) is -3.64. The molecule has 12 heteroatoms. The first-order valence-electron chi connectivity index (χ1n) is 8.27. The van der Waals surface area contributed by atoms with E-state index in [0.717, 1.165) is 11.3 Å². The lowest BCUT2D eigenvalue weighted by molar-refractivity contribution is -0.147. The maximum Gasteiger partial charge on any atom is 0.308 e. The summed E-state index contributed by atoms with van der Waals surface area (Å²) in [5.74, 6) is -1.82. The zero-order valence-corrected chi connectivity index (χ0v) is 16.5. The quantitative estimate of drug-likeness (QED) is 0.535. The van der Waals surface area contributed by atoms with E-state index in [9.17, 15) is 22.8 Å². The summed E-state index contributed by atoms with van der Waals surface area (Å²) in [6, 6.07) is 7.83. The number of amidine groups is 1. The molecule has 4 N–H and O–H groups in total. The lowest BCUT2D eigenvalue weighted by Crippen LogP contribution is -2.23. The third kappa shape index (κ3) is 4.78. The molecule has 0 fully saturated rings. The topological polar surface area (TPSA) is 157 Å². The summed E-state index contributed by atoms with van der Waals surface area (Å²) in [4.78, 5) is 39.1. The number of carbonyl (C=O) groups is 3. The van der Waals surface area contributed by atoms with Gasteiger partial charge in [0.05, 0.1) is 23.4 Å². The van der Waals surface area contributed by atoms with Crippen LogP contribution in [0.4, 0.5) is 5.00 Å². The van der Waals surface area contributed by atoms with E-state index in [1.54, 1.807) is 23.6 Å². The van der Waals surface area contributed by atoms with Crippen molar-refractivity contribution in [2.45, 2.75) is 11.3 Å². The van der Waals surface area contributed by atoms with Crippen molar-refractivity contribution in [3.63, 3.8) is 0 Å². The van der Waals surface area contributed by atoms with E-state index in [1.807, 2.05) is 0 Å². The van der Waals surface area contributed by atoms with Gasteiger partial charge in [0.2, 0.25) is 0 Å². The van der Waals surface area contributed by atoms with Crippen LogP contribution in [0, 0.1) is 0 Å². The molecule has 152 valence electrons. The lowest BCUT2D eigenvalue weighted by Gasteiger charge is -2.06. The Morgan fingerprint density at radius 1 is 1.21 bits per heavy atom. The SMILES string of the molecule is NC(=O)c1ccsc1NC(=O)COC(=O)CCN=C1NS(=O)(=O)c2ccccc21. The molecule has 1 aliphatic rings. The van der Waals surface area contributed by atoms with E-state index >= 15 is 0 Å². The largest absolute Gasteiger partial charge is 0.456 e. The number of fused-ring (bicyclic) bond motifs is 1. The van der Waals surface area contributed by atoms with Gasteiger partial charge < -0.3 is 15.8 Å². The molecule has 1 aliphatic heterocycles. The zero-order valence-electron chi connectivity index (χ0n) is 14.9. The lowest BCUT2D eigenvalue weighted by atomic mass is 10.2. The van der Waals surface area contributed by atoms with Crippen LogP contribution < -0.4 is 15.8 Å². The Labute approximate surface area is 169 Å². The highest BCUT2D eigenvalue weighted by molar-refractivity contribution is 7.90. The van der Waals surface area contributed by atoms with Crippen molar-refractivity contribution in [3.8, 4) is 0 Å². The Bertz CT molecular complexity index is 1110. The number of aliphatic imine (C=N–C) groups is 1. The summed E-state index contributed by atoms with van der Waals surface area (Å²) in [5, 5.41) is 4.31. The number of hydrogen-bond donors (Lipinski definition) is 3. The Balaban J connectivity index is 1.48. The van der Waals surface area contributed by atoms with Crippen LogP contribution >= 0.6 is 11.3 Å². The minimum absolute atomic E-state index is 0.0244. The normalized spacial score (nSPS) is 15.4. The second-order valence-electron chi connectivity index (χ2n) is 5.82. The van der Waals surface area contributed by atoms with Gasteiger partial charge in [-0.3, -0.25) is 24.1 Å². The number of rotatable bonds is 7. The number of sulfonamides is 1. The van der Waals surface area contributed by atoms with E-state index in [2.05, 4.69) is 15.0 Å². The number of ether oxygens (including phenoxy) is 1. The number of nitrogens with two attached hydrogens (primary N) is 1. The minimum atomic E-state index is -3.64. The second-order valence-corrected chi connectivity index (χ2v) is 8.39. The van der Waals surface area contributed by atoms with Gasteiger partial charge in [0.25, 0.3) is 21.8 Å². The van der Waals surface area contributed by atoms with Gasteiger partial charge in [-0.1, -0.05) is 12.1 Å². The number of hydrogen-bond acceptors (Lipinski definition) is 8. The van der Waals surface area contributed by atoms with Gasteiger partial charge in [-0.05, 0) is 23.6 Å². The summed E-state index contributed by atoms with van der Waals surface area (Å²) in [5.41, 5.74) is 5.79. The van der Waals surface area contributed by atoms with Crippen LogP contribution in [-0.4, -0.2) is 45.2 Å². The van der Waals surface area contributed by atoms with Crippen molar-refractivity contribution >= 4 is 50.0 Å². The molecule has 0 saturated heterocycles. The Kier molecular flexibility index (Phi) is 5.94. The Morgan fingerprint density at radius 3 is 2.72 bits per heavy atom. The van der Waals surface area contributed by atoms with Crippen molar-refractivity contribution in [2.24, 2.45) is 10.7 Å². The van der Waals surface area contributed by atoms with Crippen molar-refractivity contribution in [2.75, 3.05) is 18.5 Å². The molecule has 0 saturated carbocycles. The molecule has 0 aliphatic carbocycles. The highest BCUT2D eigenvalue weighted by Crippen LogP contribution is 2.23. The highest BCUT2D eigenvalue weighted by atomic mass is 32.2. The maximum atomic E-state index is 12.0. The molecule has 1 aromatic heterocycles. The van der Waals surface area contributed by atoms with Gasteiger partial charge in [0.15, 0.2) is 6.61 Å². The third-order valence-electron chi connectivity index (χ3n) is 3.80. The van der Waals surface area contributed by atoms with E-state index in [-0.39, 0.29) is 34.3 Å². The molecule has 29 heavy (non-hydrogen) atoms. The van der Waals surface area contributed by atoms with Crippen LogP contribution in [0.15, 0.2) is 45.6 Å². The molecule has 10 nitrogen and oxygen atoms in total. The van der Waals surface area contributed by atoms with Crippen molar-refractivity contribution in [1.82, 2.24) is 4.72 Å². The molecule has 0 bridgehead atoms. The smallest absolute Gasteiger partial charge is 0.308 e. The average Bonchev–Trinajstić information content (AvgIpc) is 3.23. The Morgan fingerprint density at radius 2 is 1.97 bits per heavy atom. The van der Waals surface area contributed by atoms with Gasteiger partial charge in [0.1, 0.15) is 10.8 Å². The molecule has 2 aromatic rings. The minimum Gasteiger partial charge on any atom is -0.456 e. The number of carbonyl (C=O) groups excluding carboxylic acids is 3. The monoisotopic (exact) mass is 436 g/mol. The molecular weight excluding hydrogens is 420 g/mol. The second kappa shape index (κ2) is 8.41. The molecule has 2 heterocycles. The van der Waals surface area contributed by atoms with Crippen molar-refractivity contribution < 1.29 is 27.5 Å². The van der Waals surface area contributed by atoms with Crippen LogP contribution in [-0.2, 0) is 24.3 Å². The standard InChI is InChI=1S/C17H16N4O6S2/c18-15(24)11-6-8-28-17(11)20-13(22)9-27-14(23)5-7-19-16-10-3-1-2-4-12(10)29(25,26)21-16/h1-4,6,8H,5,7,9H2,(H2,18,24)(H,19,21)(H,20,22). The molecule has 1 aromatic carbocycles. The summed E-state index contributed by atoms with van der Waals surface area (Å²) < 4.78 is 31.1. The van der Waals surface area contributed by atoms with Gasteiger partial charge in [-0.15, -0.1) is 11.3 Å². The fraction of sp³-hybridized carbons (Fsp3) is 0.176. The zero-order chi connectivity index (χ0) is 21.0. The predicted molar refractivity (Wildman–Crippen MR) is 105 cm³/mol. The number of nitrogens with one attached hydrogen (secondary N) is 2. The van der Waals surface area contributed by atoms with E-state index in [0.29, 0.717) is 5.56 Å². The van der Waals surface area contributed by atoms with E-state index in [1.165, 1.54) is 12.1 Å². The average molecular weight is 436 g/mol. The Hall–Kier alpha value is -3.25. The fourth-order valence-electron chi connectivity index (χ4n) is 2.49. The predicted octanol–water partition coefficient (Wildman–Crippen LogP) is 0.458. The molecular formula is C17H16N4O6S2. The third-order valence-corrected chi connectivity index (χ3v) is 6.02. The number of esters is 1.